The molecule has 0 spiro atoms. The molecule has 0 fully saturated rings. The van der Waals surface area contributed by atoms with E-state index in [4.69, 9.17) is 14.2 Å². The van der Waals surface area contributed by atoms with E-state index in [0.717, 1.165) is 11.3 Å². The van der Waals surface area contributed by atoms with Gasteiger partial charge in [0.2, 0.25) is 12.7 Å². The fourth-order valence-corrected chi connectivity index (χ4v) is 3.77. The monoisotopic (exact) mass is 409 g/mol. The summed E-state index contributed by atoms with van der Waals surface area (Å²) in [6, 6.07) is 10.6. The van der Waals surface area contributed by atoms with Crippen LogP contribution in [0, 0.1) is 0 Å². The van der Waals surface area contributed by atoms with E-state index in [1.54, 1.807) is 29.8 Å². The molecule has 0 unspecified atom stereocenters. The van der Waals surface area contributed by atoms with Crippen molar-refractivity contribution in [3.05, 3.63) is 47.3 Å². The molecule has 0 aliphatic carbocycles. The number of anilines is 2. The van der Waals surface area contributed by atoms with E-state index >= 15 is 0 Å². The predicted molar refractivity (Wildman–Crippen MR) is 107 cm³/mol. The van der Waals surface area contributed by atoms with Crippen molar-refractivity contribution in [2.24, 2.45) is 0 Å². The number of thiazole rings is 1. The summed E-state index contributed by atoms with van der Waals surface area (Å²) in [7, 11) is 0. The van der Waals surface area contributed by atoms with Gasteiger partial charge in [-0.3, -0.25) is 14.5 Å². The van der Waals surface area contributed by atoms with Gasteiger partial charge < -0.3 is 19.5 Å². The smallest absolute Gasteiger partial charge is 0.265 e. The first-order valence-corrected chi connectivity index (χ1v) is 9.77. The maximum absolute atomic E-state index is 12.6. The van der Waals surface area contributed by atoms with Crippen LogP contribution in [0.25, 0.3) is 11.3 Å². The van der Waals surface area contributed by atoms with Crippen molar-refractivity contribution < 1.29 is 23.8 Å². The number of amides is 2. The molecule has 29 heavy (non-hydrogen) atoms. The SMILES string of the molecule is O=C(CN1C(=O)COc2ccc(-c3cscn3)cc21)Nc1ccc2c(c1)OCO2. The second kappa shape index (κ2) is 7.10. The van der Waals surface area contributed by atoms with Gasteiger partial charge in [0.1, 0.15) is 12.3 Å². The second-order valence-electron chi connectivity index (χ2n) is 6.44. The first-order chi connectivity index (χ1) is 14.2. The van der Waals surface area contributed by atoms with E-state index in [1.807, 2.05) is 17.5 Å². The summed E-state index contributed by atoms with van der Waals surface area (Å²) in [6.07, 6.45) is 0. The first-order valence-electron chi connectivity index (χ1n) is 8.83. The molecule has 0 atom stereocenters. The van der Waals surface area contributed by atoms with Gasteiger partial charge in [0.05, 0.1) is 16.9 Å². The lowest BCUT2D eigenvalue weighted by atomic mass is 10.1. The van der Waals surface area contributed by atoms with E-state index in [9.17, 15) is 9.59 Å². The van der Waals surface area contributed by atoms with Crippen molar-refractivity contribution in [3.8, 4) is 28.5 Å². The molecule has 0 saturated carbocycles. The topological polar surface area (TPSA) is 90.0 Å². The average Bonchev–Trinajstić information content (AvgIpc) is 3.41. The zero-order valence-electron chi connectivity index (χ0n) is 15.1. The minimum absolute atomic E-state index is 0.111. The number of ether oxygens (including phenoxy) is 3. The zero-order valence-corrected chi connectivity index (χ0v) is 15.9. The molecular formula is C20H15N3O5S. The highest BCUT2D eigenvalue weighted by Gasteiger charge is 2.28. The lowest BCUT2D eigenvalue weighted by Gasteiger charge is -2.29. The van der Waals surface area contributed by atoms with Crippen LogP contribution in [0.1, 0.15) is 0 Å². The highest BCUT2D eigenvalue weighted by atomic mass is 32.1. The third-order valence-electron chi connectivity index (χ3n) is 4.59. The van der Waals surface area contributed by atoms with E-state index in [2.05, 4.69) is 10.3 Å². The number of hydrogen-bond donors (Lipinski definition) is 1. The third-order valence-corrected chi connectivity index (χ3v) is 5.17. The van der Waals surface area contributed by atoms with Gasteiger partial charge in [-0.15, -0.1) is 11.3 Å². The van der Waals surface area contributed by atoms with Crippen LogP contribution in [0.4, 0.5) is 11.4 Å². The van der Waals surface area contributed by atoms with Crippen molar-refractivity contribution in [3.63, 3.8) is 0 Å². The van der Waals surface area contributed by atoms with Crippen LogP contribution in [0.2, 0.25) is 0 Å². The maximum atomic E-state index is 12.6. The highest BCUT2D eigenvalue weighted by molar-refractivity contribution is 7.07. The maximum Gasteiger partial charge on any atom is 0.265 e. The van der Waals surface area contributed by atoms with Crippen LogP contribution < -0.4 is 24.4 Å². The van der Waals surface area contributed by atoms with Crippen LogP contribution >= 0.6 is 11.3 Å². The van der Waals surface area contributed by atoms with Crippen LogP contribution in [0.5, 0.6) is 17.2 Å². The number of benzene rings is 2. The highest BCUT2D eigenvalue weighted by Crippen LogP contribution is 2.36. The Morgan fingerprint density at radius 2 is 1.97 bits per heavy atom. The minimum Gasteiger partial charge on any atom is -0.482 e. The molecule has 1 aromatic heterocycles. The molecule has 2 aliphatic rings. The van der Waals surface area contributed by atoms with Crippen molar-refractivity contribution in [1.29, 1.82) is 0 Å². The van der Waals surface area contributed by atoms with Gasteiger partial charge >= 0.3 is 0 Å². The molecule has 146 valence electrons. The lowest BCUT2D eigenvalue weighted by molar-refractivity contribution is -0.123. The number of nitrogens with zero attached hydrogens (tertiary/aromatic N) is 2. The molecule has 5 rings (SSSR count). The number of nitrogens with one attached hydrogen (secondary N) is 1. The predicted octanol–water partition coefficient (Wildman–Crippen LogP) is 2.90. The van der Waals surface area contributed by atoms with Gasteiger partial charge in [-0.1, -0.05) is 0 Å². The number of hydrogen-bond acceptors (Lipinski definition) is 7. The van der Waals surface area contributed by atoms with Crippen LogP contribution in [-0.4, -0.2) is 36.7 Å². The van der Waals surface area contributed by atoms with Crippen LogP contribution in [0.15, 0.2) is 47.3 Å². The van der Waals surface area contributed by atoms with Crippen LogP contribution in [0.3, 0.4) is 0 Å². The molecule has 3 aromatic rings. The van der Waals surface area contributed by atoms with Crippen molar-refractivity contribution >= 4 is 34.5 Å². The molecule has 0 saturated heterocycles. The number of aromatic nitrogens is 1. The Balaban J connectivity index is 1.37. The van der Waals surface area contributed by atoms with Crippen molar-refractivity contribution in [2.45, 2.75) is 0 Å². The molecule has 9 heteroatoms. The van der Waals surface area contributed by atoms with E-state index in [1.165, 1.54) is 16.2 Å². The van der Waals surface area contributed by atoms with E-state index < -0.39 is 0 Å². The van der Waals surface area contributed by atoms with Gasteiger partial charge in [-0.25, -0.2) is 4.98 Å². The summed E-state index contributed by atoms with van der Waals surface area (Å²) in [4.78, 5) is 30.8. The Kier molecular flexibility index (Phi) is 4.28. The number of rotatable bonds is 4. The molecule has 0 radical (unpaired) electrons. The molecule has 2 aromatic carbocycles. The zero-order chi connectivity index (χ0) is 19.8. The standard InChI is InChI=1S/C20H15N3O5S/c24-19(22-13-2-4-17-18(6-13)28-11-27-17)7-23-15-5-12(14-9-29-10-21-14)1-3-16(15)26-8-20(23)25/h1-6,9-10H,7-8,11H2,(H,22,24). The molecular weight excluding hydrogens is 394 g/mol. The first kappa shape index (κ1) is 17.5. The van der Waals surface area contributed by atoms with Gasteiger partial charge in [0, 0.05) is 22.7 Å². The molecule has 1 N–H and O–H groups in total. The lowest BCUT2D eigenvalue weighted by Crippen LogP contribution is -2.43. The Morgan fingerprint density at radius 1 is 1.10 bits per heavy atom. The summed E-state index contributed by atoms with van der Waals surface area (Å²) < 4.78 is 16.1. The number of fused-ring (bicyclic) bond motifs is 2. The van der Waals surface area contributed by atoms with Gasteiger partial charge in [0.15, 0.2) is 18.1 Å². The Bertz CT molecular complexity index is 1100. The fraction of sp³-hybridized carbons (Fsp3) is 0.150. The molecule has 2 aliphatic heterocycles. The quantitative estimate of drug-likeness (QED) is 0.713. The third kappa shape index (κ3) is 3.36. The van der Waals surface area contributed by atoms with Gasteiger partial charge in [-0.05, 0) is 30.3 Å². The normalized spacial score (nSPS) is 14.3. The Labute approximate surface area is 169 Å². The largest absolute Gasteiger partial charge is 0.482 e. The van der Waals surface area contributed by atoms with E-state index in [-0.39, 0.29) is 31.8 Å². The average molecular weight is 409 g/mol. The molecule has 3 heterocycles. The van der Waals surface area contributed by atoms with Gasteiger partial charge in [-0.2, -0.15) is 0 Å². The fourth-order valence-electron chi connectivity index (χ4n) is 3.21. The summed E-state index contributed by atoms with van der Waals surface area (Å²) in [5, 5.41) is 4.71. The Morgan fingerprint density at radius 3 is 2.83 bits per heavy atom. The summed E-state index contributed by atoms with van der Waals surface area (Å²) in [5.74, 6) is 1.15. The van der Waals surface area contributed by atoms with Crippen molar-refractivity contribution in [1.82, 2.24) is 4.98 Å². The number of carbonyl (C=O) groups is 2. The molecule has 0 bridgehead atoms. The summed E-state index contributed by atoms with van der Waals surface area (Å²) in [6.45, 7) is -0.0857. The van der Waals surface area contributed by atoms with Gasteiger partial charge in [0.25, 0.3) is 5.91 Å². The molecule has 2 amide bonds. The second-order valence-corrected chi connectivity index (χ2v) is 7.16. The van der Waals surface area contributed by atoms with Crippen LogP contribution in [-0.2, 0) is 9.59 Å². The molecule has 8 nitrogen and oxygen atoms in total. The number of carbonyl (C=O) groups excluding carboxylic acids is 2. The summed E-state index contributed by atoms with van der Waals surface area (Å²) >= 11 is 1.49. The minimum atomic E-state index is -0.330. The summed E-state index contributed by atoms with van der Waals surface area (Å²) in [5.41, 5.74) is 4.52. The van der Waals surface area contributed by atoms with Crippen molar-refractivity contribution in [2.75, 3.05) is 30.2 Å². The van der Waals surface area contributed by atoms with E-state index in [0.29, 0.717) is 28.6 Å². The Hall–Kier alpha value is -3.59.